The van der Waals surface area contributed by atoms with Crippen molar-refractivity contribution < 1.29 is 18.3 Å². The van der Waals surface area contributed by atoms with Gasteiger partial charge in [0, 0.05) is 38.7 Å². The van der Waals surface area contributed by atoms with Gasteiger partial charge >= 0.3 is 6.09 Å². The van der Waals surface area contributed by atoms with E-state index in [0.717, 1.165) is 24.0 Å². The molecule has 0 aromatic carbocycles. The zero-order chi connectivity index (χ0) is 21.4. The fourth-order valence-corrected chi connectivity index (χ4v) is 3.49. The molecule has 160 valence electrons. The van der Waals surface area contributed by atoms with Gasteiger partial charge in [-0.25, -0.2) is 23.5 Å². The number of ether oxygens (including phenoxy) is 1. The molecule has 2 aliphatic rings. The Bertz CT molecular complexity index is 792. The van der Waals surface area contributed by atoms with Gasteiger partial charge < -0.3 is 14.5 Å². The van der Waals surface area contributed by atoms with Gasteiger partial charge in [-0.2, -0.15) is 0 Å². The van der Waals surface area contributed by atoms with Crippen molar-refractivity contribution in [2.45, 2.75) is 59.0 Å². The molecule has 29 heavy (non-hydrogen) atoms. The summed E-state index contributed by atoms with van der Waals surface area (Å²) in [6.07, 6.45) is 5.38. The van der Waals surface area contributed by atoms with Crippen molar-refractivity contribution in [3.63, 3.8) is 0 Å². The van der Waals surface area contributed by atoms with Gasteiger partial charge in [0.05, 0.1) is 5.69 Å². The Morgan fingerprint density at radius 3 is 2.31 bits per heavy atom. The molecule has 0 radical (unpaired) electrons. The zero-order valence-electron chi connectivity index (χ0n) is 17.8. The van der Waals surface area contributed by atoms with E-state index < -0.39 is 17.6 Å². The van der Waals surface area contributed by atoms with Gasteiger partial charge in [0.2, 0.25) is 0 Å². The number of anilines is 1. The van der Waals surface area contributed by atoms with Crippen molar-refractivity contribution in [1.82, 2.24) is 14.9 Å². The topological polar surface area (TPSA) is 58.6 Å². The minimum absolute atomic E-state index is 0.390. The van der Waals surface area contributed by atoms with Crippen molar-refractivity contribution in [1.29, 1.82) is 0 Å². The SMILES string of the molecule is C/C=C(\c1c(C)ncnc1N1CCN(C(=O)OC(C)(C)C(C)(F)F)CC1)C1CC1. The lowest BCUT2D eigenvalue weighted by molar-refractivity contribution is -0.155. The molecule has 1 aromatic rings. The molecule has 1 aromatic heterocycles. The fourth-order valence-electron chi connectivity index (χ4n) is 3.49. The molecule has 1 aliphatic heterocycles. The van der Waals surface area contributed by atoms with Gasteiger partial charge in [0.15, 0.2) is 5.60 Å². The van der Waals surface area contributed by atoms with E-state index in [-0.39, 0.29) is 0 Å². The first-order chi connectivity index (χ1) is 13.5. The molecule has 0 unspecified atom stereocenters. The Balaban J connectivity index is 1.70. The number of halogens is 2. The first-order valence-corrected chi connectivity index (χ1v) is 10.1. The summed E-state index contributed by atoms with van der Waals surface area (Å²) >= 11 is 0. The number of amides is 1. The molecule has 0 N–H and O–H groups in total. The molecule has 1 saturated carbocycles. The highest BCUT2D eigenvalue weighted by atomic mass is 19.3. The maximum absolute atomic E-state index is 13.6. The molecule has 1 saturated heterocycles. The number of alkyl halides is 2. The van der Waals surface area contributed by atoms with E-state index in [4.69, 9.17) is 4.74 Å². The van der Waals surface area contributed by atoms with Gasteiger partial charge in [-0.05, 0) is 52.0 Å². The van der Waals surface area contributed by atoms with E-state index in [1.807, 2.05) is 13.8 Å². The van der Waals surface area contributed by atoms with Crippen LogP contribution >= 0.6 is 0 Å². The largest absolute Gasteiger partial charge is 0.437 e. The Morgan fingerprint density at radius 1 is 1.17 bits per heavy atom. The number of piperazine rings is 1. The molecule has 3 rings (SSSR count). The number of nitrogens with zero attached hydrogens (tertiary/aromatic N) is 4. The summed E-state index contributed by atoms with van der Waals surface area (Å²) in [5.41, 5.74) is 1.46. The summed E-state index contributed by atoms with van der Waals surface area (Å²) in [6, 6.07) is 0. The summed E-state index contributed by atoms with van der Waals surface area (Å²) in [4.78, 5) is 24.9. The van der Waals surface area contributed by atoms with Crippen LogP contribution in [0.4, 0.5) is 19.4 Å². The minimum atomic E-state index is -3.12. The van der Waals surface area contributed by atoms with Crippen LogP contribution < -0.4 is 4.90 Å². The van der Waals surface area contributed by atoms with Crippen LogP contribution in [0.3, 0.4) is 0 Å². The summed E-state index contributed by atoms with van der Waals surface area (Å²) in [7, 11) is 0. The van der Waals surface area contributed by atoms with Gasteiger partial charge in [-0.15, -0.1) is 0 Å². The third kappa shape index (κ3) is 4.51. The van der Waals surface area contributed by atoms with Crippen LogP contribution in [-0.2, 0) is 4.74 Å². The standard InChI is InChI=1S/C21H30F2N4O2/c1-6-16(15-7-8-15)17-14(2)24-13-25-18(17)26-9-11-27(12-10-26)19(28)29-20(3,4)21(5,22)23/h6,13,15H,7-12H2,1-5H3/b16-6-. The molecule has 6 nitrogen and oxygen atoms in total. The molecule has 8 heteroatoms. The van der Waals surface area contributed by atoms with E-state index in [1.54, 1.807) is 6.33 Å². The molecule has 1 amide bonds. The highest BCUT2D eigenvalue weighted by Gasteiger charge is 2.46. The first kappa shape index (κ1) is 21.5. The quantitative estimate of drug-likeness (QED) is 0.727. The van der Waals surface area contributed by atoms with Crippen LogP contribution in [0.2, 0.25) is 0 Å². The van der Waals surface area contributed by atoms with E-state index in [1.165, 1.54) is 37.2 Å². The van der Waals surface area contributed by atoms with E-state index in [9.17, 15) is 13.6 Å². The lowest BCUT2D eigenvalue weighted by Crippen LogP contribution is -2.53. The highest BCUT2D eigenvalue weighted by molar-refractivity contribution is 5.78. The van der Waals surface area contributed by atoms with Crippen molar-refractivity contribution >= 4 is 17.5 Å². The lowest BCUT2D eigenvalue weighted by atomic mass is 9.99. The number of rotatable bonds is 5. The second-order valence-corrected chi connectivity index (χ2v) is 8.42. The second-order valence-electron chi connectivity index (χ2n) is 8.42. The monoisotopic (exact) mass is 408 g/mol. The number of carbonyl (C=O) groups is 1. The van der Waals surface area contributed by atoms with Gasteiger partial charge in [0.25, 0.3) is 5.92 Å². The van der Waals surface area contributed by atoms with Crippen LogP contribution in [0.25, 0.3) is 5.57 Å². The van der Waals surface area contributed by atoms with Crippen molar-refractivity contribution in [2.24, 2.45) is 5.92 Å². The van der Waals surface area contributed by atoms with Crippen LogP contribution in [-0.4, -0.2) is 58.7 Å². The van der Waals surface area contributed by atoms with Crippen molar-refractivity contribution in [2.75, 3.05) is 31.1 Å². The summed E-state index contributed by atoms with van der Waals surface area (Å²) < 4.78 is 32.4. The molecule has 2 fully saturated rings. The maximum atomic E-state index is 13.6. The molecule has 0 spiro atoms. The Morgan fingerprint density at radius 2 is 1.79 bits per heavy atom. The van der Waals surface area contributed by atoms with Crippen LogP contribution in [0.1, 0.15) is 51.8 Å². The Labute approximate surface area is 170 Å². The van der Waals surface area contributed by atoms with Gasteiger partial charge in [-0.3, -0.25) is 0 Å². The number of carbonyl (C=O) groups excluding carboxylic acids is 1. The predicted octanol–water partition coefficient (Wildman–Crippen LogP) is 4.29. The molecular weight excluding hydrogens is 378 g/mol. The third-order valence-electron chi connectivity index (χ3n) is 5.87. The van der Waals surface area contributed by atoms with E-state index >= 15 is 0 Å². The summed E-state index contributed by atoms with van der Waals surface area (Å²) in [5.74, 6) is -1.67. The van der Waals surface area contributed by atoms with Crippen LogP contribution in [0.5, 0.6) is 0 Å². The number of hydrogen-bond donors (Lipinski definition) is 0. The molecule has 2 heterocycles. The molecule has 1 aliphatic carbocycles. The van der Waals surface area contributed by atoms with Gasteiger partial charge in [-0.1, -0.05) is 6.08 Å². The molecule has 0 bridgehead atoms. The number of allylic oxidation sites excluding steroid dienone is 2. The Kier molecular flexibility index (Phi) is 5.83. The van der Waals surface area contributed by atoms with Gasteiger partial charge in [0.1, 0.15) is 12.1 Å². The molecule has 0 atom stereocenters. The zero-order valence-corrected chi connectivity index (χ0v) is 17.8. The minimum Gasteiger partial charge on any atom is -0.437 e. The van der Waals surface area contributed by atoms with E-state index in [0.29, 0.717) is 32.1 Å². The number of aryl methyl sites for hydroxylation is 1. The summed E-state index contributed by atoms with van der Waals surface area (Å²) in [6.45, 7) is 9.15. The average Bonchev–Trinajstić information content (AvgIpc) is 3.47. The maximum Gasteiger partial charge on any atom is 0.410 e. The second kappa shape index (κ2) is 7.88. The molecular formula is C21H30F2N4O2. The van der Waals surface area contributed by atoms with E-state index in [2.05, 4.69) is 20.9 Å². The smallest absolute Gasteiger partial charge is 0.410 e. The number of hydrogen-bond acceptors (Lipinski definition) is 5. The number of aromatic nitrogens is 2. The highest BCUT2D eigenvalue weighted by Crippen LogP contribution is 2.44. The fraction of sp³-hybridized carbons (Fsp3) is 0.667. The Hall–Kier alpha value is -2.25. The van der Waals surface area contributed by atoms with Crippen molar-refractivity contribution in [3.05, 3.63) is 23.7 Å². The van der Waals surface area contributed by atoms with Crippen LogP contribution in [0.15, 0.2) is 12.4 Å². The lowest BCUT2D eigenvalue weighted by Gasteiger charge is -2.38. The first-order valence-electron chi connectivity index (χ1n) is 10.1. The van der Waals surface area contributed by atoms with Crippen molar-refractivity contribution in [3.8, 4) is 0 Å². The van der Waals surface area contributed by atoms with Crippen LogP contribution in [0, 0.1) is 12.8 Å². The normalized spacial score (nSPS) is 18.8. The predicted molar refractivity (Wildman–Crippen MR) is 108 cm³/mol. The third-order valence-corrected chi connectivity index (χ3v) is 5.87. The average molecular weight is 408 g/mol. The summed E-state index contributed by atoms with van der Waals surface area (Å²) in [5, 5.41) is 0.